The van der Waals surface area contributed by atoms with Crippen molar-refractivity contribution in [2.45, 2.75) is 40.3 Å². The van der Waals surface area contributed by atoms with Crippen LogP contribution in [-0.2, 0) is 6.54 Å². The standard InChI is InChI=1S/C21H23N3O2/c1-15(25)20-22-11-12-24(20)14-18-13-19(26-23-18)17-7-5-16(6-8-17)9-10-21(2,3)4/h5-8,11-13,15,25H,14H2,1-4H3/t15-/m0/s1. The second kappa shape index (κ2) is 7.19. The lowest BCUT2D eigenvalue weighted by Crippen LogP contribution is -2.07. The third kappa shape index (κ3) is 4.41. The fourth-order valence-corrected chi connectivity index (χ4v) is 2.50. The van der Waals surface area contributed by atoms with E-state index in [1.165, 1.54) is 0 Å². The summed E-state index contributed by atoms with van der Waals surface area (Å²) in [5, 5.41) is 13.9. The van der Waals surface area contributed by atoms with Crippen molar-refractivity contribution < 1.29 is 9.63 Å². The Balaban J connectivity index is 1.75. The molecule has 0 saturated carbocycles. The minimum atomic E-state index is -0.627. The Morgan fingerprint density at radius 2 is 1.96 bits per heavy atom. The molecule has 2 aromatic heterocycles. The third-order valence-corrected chi connectivity index (χ3v) is 3.76. The van der Waals surface area contributed by atoms with Crippen LogP contribution < -0.4 is 0 Å². The number of aliphatic hydroxyl groups is 1. The predicted octanol–water partition coefficient (Wildman–Crippen LogP) is 4.04. The normalized spacial score (nSPS) is 12.5. The van der Waals surface area contributed by atoms with Gasteiger partial charge in [0.1, 0.15) is 17.6 Å². The van der Waals surface area contributed by atoms with E-state index in [9.17, 15) is 5.11 Å². The Morgan fingerprint density at radius 1 is 1.23 bits per heavy atom. The third-order valence-electron chi connectivity index (χ3n) is 3.76. The first-order chi connectivity index (χ1) is 12.3. The van der Waals surface area contributed by atoms with E-state index >= 15 is 0 Å². The van der Waals surface area contributed by atoms with Crippen LogP contribution in [0.2, 0.25) is 0 Å². The van der Waals surface area contributed by atoms with Crippen molar-refractivity contribution in [1.29, 1.82) is 0 Å². The van der Waals surface area contributed by atoms with E-state index in [2.05, 4.69) is 42.8 Å². The zero-order chi connectivity index (χ0) is 18.7. The summed E-state index contributed by atoms with van der Waals surface area (Å²) in [6.07, 6.45) is 2.86. The molecule has 3 aromatic rings. The second-order valence-corrected chi connectivity index (χ2v) is 7.35. The Bertz CT molecular complexity index is 932. The maximum atomic E-state index is 9.74. The lowest BCUT2D eigenvalue weighted by atomic mass is 9.97. The van der Waals surface area contributed by atoms with Gasteiger partial charge in [0.2, 0.25) is 0 Å². The molecule has 0 bridgehead atoms. The minimum Gasteiger partial charge on any atom is -0.385 e. The number of rotatable bonds is 4. The van der Waals surface area contributed by atoms with Gasteiger partial charge in [-0.15, -0.1) is 0 Å². The molecule has 2 heterocycles. The van der Waals surface area contributed by atoms with Crippen molar-refractivity contribution in [3.05, 3.63) is 59.8 Å². The molecule has 0 aliphatic rings. The van der Waals surface area contributed by atoms with Gasteiger partial charge in [-0.05, 0) is 52.0 Å². The van der Waals surface area contributed by atoms with E-state index in [1.807, 2.05) is 41.1 Å². The summed E-state index contributed by atoms with van der Waals surface area (Å²) in [5.74, 6) is 7.72. The minimum absolute atomic E-state index is 0.0171. The van der Waals surface area contributed by atoms with Crippen LogP contribution in [0, 0.1) is 17.3 Å². The lowest BCUT2D eigenvalue weighted by molar-refractivity contribution is 0.184. The molecule has 3 rings (SSSR count). The summed E-state index contributed by atoms with van der Waals surface area (Å²) in [5.41, 5.74) is 2.68. The van der Waals surface area contributed by atoms with E-state index < -0.39 is 6.10 Å². The summed E-state index contributed by atoms with van der Waals surface area (Å²) in [6.45, 7) is 8.46. The van der Waals surface area contributed by atoms with Crippen molar-refractivity contribution >= 4 is 0 Å². The van der Waals surface area contributed by atoms with Crippen molar-refractivity contribution in [1.82, 2.24) is 14.7 Å². The molecule has 0 saturated heterocycles. The van der Waals surface area contributed by atoms with Gasteiger partial charge in [-0.3, -0.25) is 0 Å². The first kappa shape index (κ1) is 18.0. The van der Waals surface area contributed by atoms with E-state index in [1.54, 1.807) is 13.1 Å². The van der Waals surface area contributed by atoms with Crippen LogP contribution in [0.15, 0.2) is 47.2 Å². The van der Waals surface area contributed by atoms with Gasteiger partial charge < -0.3 is 14.2 Å². The number of imidazole rings is 1. The van der Waals surface area contributed by atoms with Gasteiger partial charge in [-0.25, -0.2) is 4.98 Å². The van der Waals surface area contributed by atoms with Gasteiger partial charge in [0.15, 0.2) is 5.76 Å². The van der Waals surface area contributed by atoms with Gasteiger partial charge in [0.25, 0.3) is 0 Å². The quantitative estimate of drug-likeness (QED) is 0.722. The SMILES string of the molecule is C[C@H](O)c1nccn1Cc1cc(-c2ccc(C#CC(C)(C)C)cc2)on1. The maximum absolute atomic E-state index is 9.74. The second-order valence-electron chi connectivity index (χ2n) is 7.35. The van der Waals surface area contributed by atoms with Gasteiger partial charge in [0, 0.05) is 35.0 Å². The Hall–Kier alpha value is -2.84. The summed E-state index contributed by atoms with van der Waals surface area (Å²) in [4.78, 5) is 4.16. The van der Waals surface area contributed by atoms with E-state index in [0.717, 1.165) is 16.8 Å². The van der Waals surface area contributed by atoms with E-state index in [-0.39, 0.29) is 5.41 Å². The van der Waals surface area contributed by atoms with Crippen LogP contribution in [0.1, 0.15) is 50.9 Å². The molecule has 0 fully saturated rings. The summed E-state index contributed by atoms with van der Waals surface area (Å²) < 4.78 is 7.33. The number of nitrogens with zero attached hydrogens (tertiary/aromatic N) is 3. The molecule has 0 unspecified atom stereocenters. The van der Waals surface area contributed by atoms with Gasteiger partial charge in [0.05, 0.1) is 6.54 Å². The summed E-state index contributed by atoms with van der Waals surface area (Å²) in [7, 11) is 0. The highest BCUT2D eigenvalue weighted by Gasteiger charge is 2.12. The highest BCUT2D eigenvalue weighted by atomic mass is 16.5. The summed E-state index contributed by atoms with van der Waals surface area (Å²) in [6, 6.07) is 9.84. The van der Waals surface area contributed by atoms with Gasteiger partial charge in [-0.2, -0.15) is 0 Å². The molecular formula is C21H23N3O2. The zero-order valence-electron chi connectivity index (χ0n) is 15.5. The number of aromatic nitrogens is 3. The van der Waals surface area contributed by atoms with Crippen LogP contribution in [0.3, 0.4) is 0 Å². The average molecular weight is 349 g/mol. The average Bonchev–Trinajstić information content (AvgIpc) is 3.23. The van der Waals surface area contributed by atoms with Crippen LogP contribution in [0.25, 0.3) is 11.3 Å². The van der Waals surface area contributed by atoms with Crippen molar-refractivity contribution in [3.8, 4) is 23.2 Å². The van der Waals surface area contributed by atoms with E-state index in [4.69, 9.17) is 4.52 Å². The molecule has 1 N–H and O–H groups in total. The fraction of sp³-hybridized carbons (Fsp3) is 0.333. The Kier molecular flexibility index (Phi) is 4.97. The molecule has 134 valence electrons. The molecule has 1 aromatic carbocycles. The molecule has 26 heavy (non-hydrogen) atoms. The van der Waals surface area contributed by atoms with Gasteiger partial charge in [-0.1, -0.05) is 17.0 Å². The molecule has 0 spiro atoms. The zero-order valence-corrected chi connectivity index (χ0v) is 15.5. The Labute approximate surface area is 153 Å². The molecule has 0 amide bonds. The molecular weight excluding hydrogens is 326 g/mol. The van der Waals surface area contributed by atoms with Gasteiger partial charge >= 0.3 is 0 Å². The molecule has 5 heteroatoms. The maximum Gasteiger partial charge on any atom is 0.167 e. The first-order valence-electron chi connectivity index (χ1n) is 8.60. The molecule has 1 atom stereocenters. The topological polar surface area (TPSA) is 64.1 Å². The molecule has 0 radical (unpaired) electrons. The lowest BCUT2D eigenvalue weighted by Gasteiger charge is -2.07. The molecule has 0 aliphatic carbocycles. The number of aliphatic hydroxyl groups excluding tert-OH is 1. The molecule has 5 nitrogen and oxygen atoms in total. The highest BCUT2D eigenvalue weighted by molar-refractivity contribution is 5.59. The van der Waals surface area contributed by atoms with Crippen LogP contribution in [-0.4, -0.2) is 19.8 Å². The Morgan fingerprint density at radius 3 is 2.62 bits per heavy atom. The monoisotopic (exact) mass is 349 g/mol. The number of hydrogen-bond donors (Lipinski definition) is 1. The van der Waals surface area contributed by atoms with Crippen LogP contribution >= 0.6 is 0 Å². The van der Waals surface area contributed by atoms with Crippen molar-refractivity contribution in [2.75, 3.05) is 0 Å². The predicted molar refractivity (Wildman–Crippen MR) is 100 cm³/mol. The first-order valence-corrected chi connectivity index (χ1v) is 8.60. The largest absolute Gasteiger partial charge is 0.385 e. The smallest absolute Gasteiger partial charge is 0.167 e. The summed E-state index contributed by atoms with van der Waals surface area (Å²) >= 11 is 0. The highest BCUT2D eigenvalue weighted by Crippen LogP contribution is 2.22. The van der Waals surface area contributed by atoms with E-state index in [0.29, 0.717) is 18.1 Å². The van der Waals surface area contributed by atoms with Crippen molar-refractivity contribution in [3.63, 3.8) is 0 Å². The fourth-order valence-electron chi connectivity index (χ4n) is 2.50. The van der Waals surface area contributed by atoms with Crippen LogP contribution in [0.5, 0.6) is 0 Å². The molecule has 0 aliphatic heterocycles. The number of hydrogen-bond acceptors (Lipinski definition) is 4. The number of benzene rings is 1. The van der Waals surface area contributed by atoms with Crippen molar-refractivity contribution in [2.24, 2.45) is 5.41 Å². The van der Waals surface area contributed by atoms with Crippen LogP contribution in [0.4, 0.5) is 0 Å².